The molecule has 0 spiro atoms. The smallest absolute Gasteiger partial charge is 0.246 e. The molecule has 1 heterocycles. The Hall–Kier alpha value is -3.51. The fourth-order valence-corrected chi connectivity index (χ4v) is 3.75. The molecule has 3 aromatic carbocycles. The molecule has 4 aromatic rings. The van der Waals surface area contributed by atoms with Gasteiger partial charge in [-0.25, -0.2) is 9.37 Å². The molecule has 0 aliphatic heterocycles. The molecule has 0 fully saturated rings. The van der Waals surface area contributed by atoms with E-state index in [1.165, 1.54) is 13.2 Å². The van der Waals surface area contributed by atoms with E-state index in [4.69, 9.17) is 9.72 Å². The second-order valence-corrected chi connectivity index (χ2v) is 7.38. The summed E-state index contributed by atoms with van der Waals surface area (Å²) in [4.78, 5) is 17.3. The molecular formula is C25H24FN3O2. The third-order valence-corrected chi connectivity index (χ3v) is 5.18. The van der Waals surface area contributed by atoms with Crippen molar-refractivity contribution in [3.05, 3.63) is 102 Å². The first-order chi connectivity index (χ1) is 15.2. The van der Waals surface area contributed by atoms with E-state index in [0.29, 0.717) is 24.4 Å². The first-order valence-corrected chi connectivity index (χ1v) is 10.2. The molecule has 0 saturated heterocycles. The van der Waals surface area contributed by atoms with Crippen LogP contribution in [0.3, 0.4) is 0 Å². The van der Waals surface area contributed by atoms with Crippen LogP contribution in [0.5, 0.6) is 0 Å². The van der Waals surface area contributed by atoms with Gasteiger partial charge in [-0.2, -0.15) is 0 Å². The Morgan fingerprint density at radius 2 is 1.74 bits per heavy atom. The molecule has 31 heavy (non-hydrogen) atoms. The lowest BCUT2D eigenvalue weighted by Crippen LogP contribution is -2.34. The van der Waals surface area contributed by atoms with Crippen molar-refractivity contribution >= 4 is 16.9 Å². The second kappa shape index (κ2) is 9.53. The molecular weight excluding hydrogens is 393 g/mol. The molecule has 0 radical (unpaired) electrons. The number of nitrogens with one attached hydrogen (secondary N) is 1. The summed E-state index contributed by atoms with van der Waals surface area (Å²) in [6.45, 7) is 0.271. The van der Waals surface area contributed by atoms with E-state index in [0.717, 1.165) is 16.6 Å². The summed E-state index contributed by atoms with van der Waals surface area (Å²) in [5, 5.41) is 3.04. The number of imidazole rings is 1. The number of aromatic nitrogens is 2. The molecule has 0 bridgehead atoms. The third-order valence-electron chi connectivity index (χ3n) is 5.18. The first-order valence-electron chi connectivity index (χ1n) is 10.2. The molecule has 0 saturated carbocycles. The van der Waals surface area contributed by atoms with Gasteiger partial charge in [0.2, 0.25) is 5.91 Å². The molecule has 1 N–H and O–H groups in total. The average Bonchev–Trinajstić information content (AvgIpc) is 3.14. The van der Waals surface area contributed by atoms with E-state index >= 15 is 0 Å². The first kappa shape index (κ1) is 20.8. The van der Waals surface area contributed by atoms with Crippen LogP contribution in [0.1, 0.15) is 23.0 Å². The van der Waals surface area contributed by atoms with Gasteiger partial charge in [0.05, 0.1) is 23.6 Å². The fraction of sp³-hybridized carbons (Fsp3) is 0.200. The number of rotatable bonds is 8. The Balaban J connectivity index is 1.79. The average molecular weight is 417 g/mol. The maximum absolute atomic E-state index is 14.5. The van der Waals surface area contributed by atoms with Gasteiger partial charge in [-0.15, -0.1) is 0 Å². The Bertz CT molecular complexity index is 1170. The van der Waals surface area contributed by atoms with Crippen molar-refractivity contribution < 1.29 is 13.9 Å². The van der Waals surface area contributed by atoms with Crippen molar-refractivity contribution in [2.45, 2.75) is 19.0 Å². The Labute approximate surface area is 180 Å². The zero-order valence-corrected chi connectivity index (χ0v) is 17.3. The minimum absolute atomic E-state index is 0.0428. The number of hydrogen-bond acceptors (Lipinski definition) is 3. The van der Waals surface area contributed by atoms with Crippen molar-refractivity contribution in [3.8, 4) is 0 Å². The number of ether oxygens (including phenoxy) is 1. The predicted molar refractivity (Wildman–Crippen MR) is 118 cm³/mol. The summed E-state index contributed by atoms with van der Waals surface area (Å²) in [5.41, 5.74) is 3.32. The highest BCUT2D eigenvalue weighted by Gasteiger charge is 2.23. The molecule has 0 aliphatic rings. The highest BCUT2D eigenvalue weighted by molar-refractivity contribution is 5.79. The van der Waals surface area contributed by atoms with E-state index in [-0.39, 0.29) is 18.3 Å². The van der Waals surface area contributed by atoms with Crippen LogP contribution >= 0.6 is 0 Å². The standard InChI is InChI=1S/C25H24FN3O2/c1-31-17-24(30)27-22(15-18-9-3-2-4-10-18)25-28-21-13-7-8-14-23(21)29(25)16-19-11-5-6-12-20(19)26/h2-14,22H,15-17H2,1H3,(H,27,30). The molecule has 5 nitrogen and oxygen atoms in total. The third kappa shape index (κ3) is 4.81. The van der Waals surface area contributed by atoms with Crippen LogP contribution in [0.15, 0.2) is 78.9 Å². The predicted octanol–water partition coefficient (Wildman–Crippen LogP) is 4.27. The number of halogens is 1. The van der Waals surface area contributed by atoms with E-state index < -0.39 is 6.04 Å². The summed E-state index contributed by atoms with van der Waals surface area (Å²) in [6.07, 6.45) is 0.552. The van der Waals surface area contributed by atoms with Gasteiger partial charge in [0.15, 0.2) is 0 Å². The zero-order valence-electron chi connectivity index (χ0n) is 17.3. The number of carbonyl (C=O) groups is 1. The van der Waals surface area contributed by atoms with Gasteiger partial charge in [0.25, 0.3) is 0 Å². The van der Waals surface area contributed by atoms with Crippen molar-refractivity contribution in [3.63, 3.8) is 0 Å². The zero-order chi connectivity index (χ0) is 21.6. The van der Waals surface area contributed by atoms with Gasteiger partial charge in [0.1, 0.15) is 18.2 Å². The summed E-state index contributed by atoms with van der Waals surface area (Å²) in [5.74, 6) is 0.181. The largest absolute Gasteiger partial charge is 0.375 e. The maximum atomic E-state index is 14.5. The van der Waals surface area contributed by atoms with Crippen LogP contribution in [0.4, 0.5) is 4.39 Å². The number of para-hydroxylation sites is 2. The molecule has 1 aromatic heterocycles. The number of benzene rings is 3. The molecule has 4 rings (SSSR count). The Kier molecular flexibility index (Phi) is 6.38. The van der Waals surface area contributed by atoms with Gasteiger partial charge in [0, 0.05) is 12.7 Å². The normalized spacial score (nSPS) is 12.1. The Morgan fingerprint density at radius 3 is 2.52 bits per heavy atom. The Morgan fingerprint density at radius 1 is 1.03 bits per heavy atom. The molecule has 6 heteroatoms. The fourth-order valence-electron chi connectivity index (χ4n) is 3.75. The minimum atomic E-state index is -0.399. The maximum Gasteiger partial charge on any atom is 0.246 e. The quantitative estimate of drug-likeness (QED) is 0.466. The van der Waals surface area contributed by atoms with Crippen LogP contribution < -0.4 is 5.32 Å². The number of hydrogen-bond donors (Lipinski definition) is 1. The van der Waals surface area contributed by atoms with Crippen molar-refractivity contribution in [1.82, 2.24) is 14.9 Å². The lowest BCUT2D eigenvalue weighted by molar-refractivity contribution is -0.125. The van der Waals surface area contributed by atoms with Crippen molar-refractivity contribution in [1.29, 1.82) is 0 Å². The van der Waals surface area contributed by atoms with Gasteiger partial charge >= 0.3 is 0 Å². The number of nitrogens with zero attached hydrogens (tertiary/aromatic N) is 2. The van der Waals surface area contributed by atoms with Gasteiger partial charge in [-0.1, -0.05) is 60.7 Å². The van der Waals surface area contributed by atoms with Crippen LogP contribution in [0.2, 0.25) is 0 Å². The van der Waals surface area contributed by atoms with E-state index in [1.54, 1.807) is 12.1 Å². The SMILES string of the molecule is COCC(=O)NC(Cc1ccccc1)c1nc2ccccc2n1Cc1ccccc1F. The number of methoxy groups -OCH3 is 1. The molecule has 0 aliphatic carbocycles. The summed E-state index contributed by atoms with van der Waals surface area (Å²) in [6, 6.07) is 24.0. The van der Waals surface area contributed by atoms with Gasteiger partial charge in [-0.3, -0.25) is 4.79 Å². The second-order valence-electron chi connectivity index (χ2n) is 7.38. The summed E-state index contributed by atoms with van der Waals surface area (Å²) >= 11 is 0. The number of carbonyl (C=O) groups excluding carboxylic acids is 1. The highest BCUT2D eigenvalue weighted by Crippen LogP contribution is 2.25. The lowest BCUT2D eigenvalue weighted by atomic mass is 10.0. The molecule has 158 valence electrons. The van der Waals surface area contributed by atoms with Crippen molar-refractivity contribution in [2.24, 2.45) is 0 Å². The summed E-state index contributed by atoms with van der Waals surface area (Å²) in [7, 11) is 1.49. The summed E-state index contributed by atoms with van der Waals surface area (Å²) < 4.78 is 21.4. The highest BCUT2D eigenvalue weighted by atomic mass is 19.1. The van der Waals surface area contributed by atoms with Gasteiger partial charge in [-0.05, 0) is 30.2 Å². The van der Waals surface area contributed by atoms with Crippen LogP contribution in [-0.2, 0) is 22.5 Å². The molecule has 1 amide bonds. The van der Waals surface area contributed by atoms with Crippen molar-refractivity contribution in [2.75, 3.05) is 13.7 Å². The topological polar surface area (TPSA) is 56.1 Å². The van der Waals surface area contributed by atoms with E-state index in [2.05, 4.69) is 5.32 Å². The molecule has 1 atom stereocenters. The number of fused-ring (bicyclic) bond motifs is 1. The lowest BCUT2D eigenvalue weighted by Gasteiger charge is -2.20. The van der Waals surface area contributed by atoms with Crippen LogP contribution in [0, 0.1) is 5.82 Å². The monoisotopic (exact) mass is 417 g/mol. The minimum Gasteiger partial charge on any atom is -0.375 e. The van der Waals surface area contributed by atoms with E-state index in [1.807, 2.05) is 65.2 Å². The van der Waals surface area contributed by atoms with Crippen LogP contribution in [0.25, 0.3) is 11.0 Å². The molecule has 1 unspecified atom stereocenters. The van der Waals surface area contributed by atoms with Gasteiger partial charge < -0.3 is 14.6 Å². The van der Waals surface area contributed by atoms with E-state index in [9.17, 15) is 9.18 Å². The number of amides is 1. The van der Waals surface area contributed by atoms with Crippen LogP contribution in [-0.4, -0.2) is 29.2 Å².